The van der Waals surface area contributed by atoms with Crippen LogP contribution in [0.5, 0.6) is 5.75 Å². The fourth-order valence-corrected chi connectivity index (χ4v) is 3.86. The Balaban J connectivity index is 1.41. The van der Waals surface area contributed by atoms with E-state index in [9.17, 15) is 0 Å². The normalized spacial score (nSPS) is 11.6. The molecule has 0 saturated carbocycles. The van der Waals surface area contributed by atoms with Crippen LogP contribution in [0.4, 0.5) is 0 Å². The molecule has 9 heteroatoms. The van der Waals surface area contributed by atoms with E-state index in [4.69, 9.17) is 14.6 Å². The molecule has 5 rings (SSSR count). The summed E-state index contributed by atoms with van der Waals surface area (Å²) >= 11 is 0. The van der Waals surface area contributed by atoms with Gasteiger partial charge in [-0.3, -0.25) is 4.98 Å². The number of nitrogens with zero attached hydrogens (tertiary/aromatic N) is 7. The fraction of sp³-hybridized carbons (Fsp3) is 0.208. The molecule has 1 aromatic carbocycles. The van der Waals surface area contributed by atoms with Crippen LogP contribution in [0.15, 0.2) is 60.3 Å². The van der Waals surface area contributed by atoms with Crippen LogP contribution in [0.3, 0.4) is 0 Å². The van der Waals surface area contributed by atoms with Gasteiger partial charge in [0.05, 0.1) is 18.7 Å². The summed E-state index contributed by atoms with van der Waals surface area (Å²) < 4.78 is 9.20. The number of methoxy groups -OCH3 is 1. The lowest BCUT2D eigenvalue weighted by molar-refractivity contribution is 0.126. The zero-order chi connectivity index (χ0) is 22.8. The number of para-hydroxylation sites is 1. The second-order valence-electron chi connectivity index (χ2n) is 7.64. The number of hydrogen-bond acceptors (Lipinski definition) is 7. The summed E-state index contributed by atoms with van der Waals surface area (Å²) in [7, 11) is 1.62. The summed E-state index contributed by atoms with van der Waals surface area (Å²) in [6.07, 6.45) is 6.90. The molecule has 0 fully saturated rings. The van der Waals surface area contributed by atoms with Crippen LogP contribution in [0.25, 0.3) is 16.7 Å². The van der Waals surface area contributed by atoms with E-state index < -0.39 is 0 Å². The van der Waals surface area contributed by atoms with E-state index >= 15 is 0 Å². The maximum absolute atomic E-state index is 5.45. The lowest BCUT2D eigenvalue weighted by Crippen LogP contribution is -2.03. The van der Waals surface area contributed by atoms with Crippen molar-refractivity contribution in [1.82, 2.24) is 29.1 Å². The zero-order valence-electron chi connectivity index (χ0n) is 18.6. The first-order chi connectivity index (χ1) is 16.2. The summed E-state index contributed by atoms with van der Waals surface area (Å²) in [4.78, 5) is 18.9. The molecule has 0 aliphatic heterocycles. The SMILES string of the molecule is COc1ccccc1/C=N/OCc1nc2c3c(C)c(C)n(Cc4ccncc4)c3ncn2n1. The minimum absolute atomic E-state index is 0.143. The van der Waals surface area contributed by atoms with E-state index in [1.807, 2.05) is 36.4 Å². The Kier molecular flexibility index (Phi) is 5.43. The molecule has 4 heterocycles. The van der Waals surface area contributed by atoms with Crippen molar-refractivity contribution in [3.05, 3.63) is 83.3 Å². The Morgan fingerprint density at radius 3 is 2.70 bits per heavy atom. The van der Waals surface area contributed by atoms with Crippen molar-refractivity contribution in [2.24, 2.45) is 5.16 Å². The van der Waals surface area contributed by atoms with Gasteiger partial charge in [-0.05, 0) is 49.2 Å². The molecule has 4 aromatic heterocycles. The molecule has 9 nitrogen and oxygen atoms in total. The number of rotatable bonds is 7. The number of aryl methyl sites for hydroxylation is 1. The molecule has 0 aliphatic carbocycles. The first-order valence-corrected chi connectivity index (χ1v) is 10.5. The van der Waals surface area contributed by atoms with Gasteiger partial charge in [-0.25, -0.2) is 14.5 Å². The molecule has 0 N–H and O–H groups in total. The summed E-state index contributed by atoms with van der Waals surface area (Å²) in [5, 5.41) is 9.54. The summed E-state index contributed by atoms with van der Waals surface area (Å²) in [5.41, 5.74) is 5.89. The third-order valence-corrected chi connectivity index (χ3v) is 5.68. The van der Waals surface area contributed by atoms with Gasteiger partial charge in [-0.2, -0.15) is 0 Å². The van der Waals surface area contributed by atoms with Gasteiger partial charge in [0.2, 0.25) is 0 Å². The van der Waals surface area contributed by atoms with Gasteiger partial charge < -0.3 is 14.1 Å². The molecule has 0 bridgehead atoms. The molecule has 166 valence electrons. The Morgan fingerprint density at radius 2 is 1.88 bits per heavy atom. The second kappa shape index (κ2) is 8.70. The van der Waals surface area contributed by atoms with Gasteiger partial charge in [0.15, 0.2) is 18.1 Å². The van der Waals surface area contributed by atoms with Crippen molar-refractivity contribution in [1.29, 1.82) is 0 Å². The first-order valence-electron chi connectivity index (χ1n) is 10.5. The van der Waals surface area contributed by atoms with E-state index in [1.165, 1.54) is 0 Å². The Hall–Kier alpha value is -4.27. The quantitative estimate of drug-likeness (QED) is 0.283. The summed E-state index contributed by atoms with van der Waals surface area (Å²) in [6.45, 7) is 5.04. The van der Waals surface area contributed by atoms with Crippen molar-refractivity contribution >= 4 is 22.9 Å². The van der Waals surface area contributed by atoms with Crippen LogP contribution in [-0.4, -0.2) is 42.5 Å². The minimum Gasteiger partial charge on any atom is -0.496 e. The Bertz CT molecular complexity index is 1450. The number of ether oxygens (including phenoxy) is 1. The van der Waals surface area contributed by atoms with Crippen molar-refractivity contribution in [2.45, 2.75) is 27.0 Å². The zero-order valence-corrected chi connectivity index (χ0v) is 18.6. The van der Waals surface area contributed by atoms with Gasteiger partial charge >= 0.3 is 0 Å². The van der Waals surface area contributed by atoms with E-state index in [0.717, 1.165) is 44.8 Å². The third-order valence-electron chi connectivity index (χ3n) is 5.68. The molecule has 0 atom stereocenters. The molecular formula is C24H23N7O2. The lowest BCUT2D eigenvalue weighted by Gasteiger charge is -2.07. The standard InChI is InChI=1S/C24H23N7O2/c1-16-17(2)30(13-18-8-10-25-11-9-18)23-22(16)24-28-21(29-31(24)15-26-23)14-33-27-12-19-6-4-5-7-20(19)32-3/h4-12,15H,13-14H2,1-3H3/b27-12+. The summed E-state index contributed by atoms with van der Waals surface area (Å²) in [6, 6.07) is 11.6. The summed E-state index contributed by atoms with van der Waals surface area (Å²) in [5.74, 6) is 1.26. The molecule has 0 amide bonds. The Morgan fingerprint density at radius 1 is 1.06 bits per heavy atom. The maximum Gasteiger partial charge on any atom is 0.192 e. The monoisotopic (exact) mass is 441 g/mol. The van der Waals surface area contributed by atoms with Crippen LogP contribution in [0.1, 0.15) is 28.2 Å². The van der Waals surface area contributed by atoms with Crippen LogP contribution in [0, 0.1) is 13.8 Å². The average molecular weight is 441 g/mol. The number of fused-ring (bicyclic) bond motifs is 3. The van der Waals surface area contributed by atoms with E-state index in [0.29, 0.717) is 12.4 Å². The molecule has 0 radical (unpaired) electrons. The molecule has 33 heavy (non-hydrogen) atoms. The number of oxime groups is 1. The van der Waals surface area contributed by atoms with Crippen LogP contribution in [-0.2, 0) is 18.0 Å². The van der Waals surface area contributed by atoms with Crippen LogP contribution >= 0.6 is 0 Å². The number of aromatic nitrogens is 6. The molecule has 0 saturated heterocycles. The maximum atomic E-state index is 5.45. The first kappa shape index (κ1) is 20.6. The number of benzene rings is 1. The highest BCUT2D eigenvalue weighted by atomic mass is 16.6. The average Bonchev–Trinajstić information content (AvgIpc) is 3.37. The largest absolute Gasteiger partial charge is 0.496 e. The van der Waals surface area contributed by atoms with Crippen molar-refractivity contribution in [3.8, 4) is 5.75 Å². The molecular weight excluding hydrogens is 418 g/mol. The van der Waals surface area contributed by atoms with E-state index in [2.05, 4.69) is 38.6 Å². The predicted octanol–water partition coefficient (Wildman–Crippen LogP) is 3.70. The number of hydrogen-bond donors (Lipinski definition) is 0. The van der Waals surface area contributed by atoms with Gasteiger partial charge in [-0.1, -0.05) is 17.3 Å². The van der Waals surface area contributed by atoms with Gasteiger partial charge in [-0.15, -0.1) is 5.10 Å². The predicted molar refractivity (Wildman–Crippen MR) is 124 cm³/mol. The van der Waals surface area contributed by atoms with Crippen molar-refractivity contribution in [2.75, 3.05) is 7.11 Å². The minimum atomic E-state index is 0.143. The van der Waals surface area contributed by atoms with E-state index in [1.54, 1.807) is 36.6 Å². The highest BCUT2D eigenvalue weighted by Crippen LogP contribution is 2.27. The lowest BCUT2D eigenvalue weighted by atomic mass is 10.2. The second-order valence-corrected chi connectivity index (χ2v) is 7.64. The van der Waals surface area contributed by atoms with Gasteiger partial charge in [0.1, 0.15) is 17.7 Å². The van der Waals surface area contributed by atoms with Gasteiger partial charge in [0, 0.05) is 30.2 Å². The molecule has 0 spiro atoms. The molecule has 5 aromatic rings. The number of pyridine rings is 1. The fourth-order valence-electron chi connectivity index (χ4n) is 3.86. The Labute approximate surface area is 190 Å². The third kappa shape index (κ3) is 3.89. The topological polar surface area (TPSA) is 91.7 Å². The molecule has 0 aliphatic rings. The smallest absolute Gasteiger partial charge is 0.192 e. The highest BCUT2D eigenvalue weighted by Gasteiger charge is 2.18. The van der Waals surface area contributed by atoms with E-state index in [-0.39, 0.29) is 6.61 Å². The van der Waals surface area contributed by atoms with Crippen molar-refractivity contribution in [3.63, 3.8) is 0 Å². The highest BCUT2D eigenvalue weighted by molar-refractivity contribution is 5.94. The van der Waals surface area contributed by atoms with Crippen LogP contribution in [0.2, 0.25) is 0 Å². The van der Waals surface area contributed by atoms with Gasteiger partial charge in [0.25, 0.3) is 0 Å². The molecule has 0 unspecified atom stereocenters. The van der Waals surface area contributed by atoms with Crippen LogP contribution < -0.4 is 4.74 Å². The van der Waals surface area contributed by atoms with Crippen molar-refractivity contribution < 1.29 is 9.57 Å².